The zero-order valence-electron chi connectivity index (χ0n) is 14.1. The summed E-state index contributed by atoms with van der Waals surface area (Å²) in [5.41, 5.74) is 2.67. The smallest absolute Gasteiger partial charge is 0.410 e. The second-order valence-electron chi connectivity index (χ2n) is 6.97. The molecule has 1 spiro atoms. The highest BCUT2D eigenvalue weighted by Gasteiger charge is 2.47. The van der Waals surface area contributed by atoms with Gasteiger partial charge in [-0.05, 0) is 30.4 Å². The van der Waals surface area contributed by atoms with Gasteiger partial charge in [-0.2, -0.15) is 0 Å². The quantitative estimate of drug-likeness (QED) is 0.837. The molecule has 128 valence electrons. The van der Waals surface area contributed by atoms with Gasteiger partial charge >= 0.3 is 6.09 Å². The summed E-state index contributed by atoms with van der Waals surface area (Å²) in [5, 5.41) is 0. The Bertz CT molecular complexity index is 792. The first kappa shape index (κ1) is 15.9. The van der Waals surface area contributed by atoms with Gasteiger partial charge in [0, 0.05) is 24.1 Å². The molecule has 2 aromatic carbocycles. The van der Waals surface area contributed by atoms with E-state index in [4.69, 9.17) is 4.74 Å². The Morgan fingerprint density at radius 2 is 1.68 bits per heavy atom. The van der Waals surface area contributed by atoms with Crippen molar-refractivity contribution in [3.8, 4) is 0 Å². The molecule has 0 N–H and O–H groups in total. The molecule has 0 atom stereocenters. The van der Waals surface area contributed by atoms with E-state index in [1.807, 2.05) is 54.6 Å². The lowest BCUT2D eigenvalue weighted by atomic mass is 9.75. The van der Waals surface area contributed by atoms with Crippen LogP contribution < -0.4 is 0 Å². The van der Waals surface area contributed by atoms with Crippen molar-refractivity contribution < 1.29 is 14.3 Å². The highest BCUT2D eigenvalue weighted by Crippen LogP contribution is 2.44. The third-order valence-corrected chi connectivity index (χ3v) is 5.46. The maximum atomic E-state index is 12.8. The Morgan fingerprint density at radius 1 is 1.00 bits per heavy atom. The minimum absolute atomic E-state index is 0.250. The first-order valence-corrected chi connectivity index (χ1v) is 8.76. The molecule has 0 bridgehead atoms. The van der Waals surface area contributed by atoms with Crippen LogP contribution in [-0.2, 0) is 17.8 Å². The number of ether oxygens (including phenoxy) is 1. The van der Waals surface area contributed by atoms with Crippen LogP contribution in [0.25, 0.3) is 0 Å². The van der Waals surface area contributed by atoms with Crippen molar-refractivity contribution in [1.82, 2.24) is 4.90 Å². The number of Topliss-reactive ketones (excluding diaryl/α,β-unsaturated/α-hetero) is 1. The van der Waals surface area contributed by atoms with Crippen LogP contribution in [0.3, 0.4) is 0 Å². The third kappa shape index (κ3) is 2.93. The Morgan fingerprint density at radius 3 is 2.40 bits per heavy atom. The van der Waals surface area contributed by atoms with Crippen molar-refractivity contribution in [2.45, 2.75) is 25.9 Å². The summed E-state index contributed by atoms with van der Waals surface area (Å²) >= 11 is 0. The summed E-state index contributed by atoms with van der Waals surface area (Å²) in [6.45, 7) is 1.44. The molecule has 0 radical (unpaired) electrons. The molecule has 4 rings (SSSR count). The molecular formula is C21H21NO3. The molecule has 2 aliphatic rings. The fraction of sp³-hybridized carbons (Fsp3) is 0.333. The van der Waals surface area contributed by atoms with Crippen molar-refractivity contribution in [3.05, 3.63) is 71.3 Å². The summed E-state index contributed by atoms with van der Waals surface area (Å²) in [4.78, 5) is 26.8. The number of hydrogen-bond donors (Lipinski definition) is 0. The summed E-state index contributed by atoms with van der Waals surface area (Å²) in [6.07, 6.45) is 1.93. The first-order valence-electron chi connectivity index (χ1n) is 8.76. The third-order valence-electron chi connectivity index (χ3n) is 5.46. The second-order valence-corrected chi connectivity index (χ2v) is 6.97. The lowest BCUT2D eigenvalue weighted by Gasteiger charge is -2.37. The number of carbonyl (C=O) groups is 2. The number of rotatable bonds is 2. The fourth-order valence-electron chi connectivity index (χ4n) is 3.96. The van der Waals surface area contributed by atoms with E-state index < -0.39 is 0 Å². The lowest BCUT2D eigenvalue weighted by molar-refractivity contribution is 0.0521. The van der Waals surface area contributed by atoms with E-state index in [1.165, 1.54) is 0 Å². The molecule has 1 aliphatic carbocycles. The normalized spacial score (nSPS) is 18.2. The number of carbonyl (C=O) groups excluding carboxylic acids is 2. The number of ketones is 1. The summed E-state index contributed by atoms with van der Waals surface area (Å²) < 4.78 is 5.41. The first-order chi connectivity index (χ1) is 12.2. The average molecular weight is 335 g/mol. The van der Waals surface area contributed by atoms with E-state index in [1.54, 1.807) is 4.90 Å². The molecule has 1 fully saturated rings. The van der Waals surface area contributed by atoms with Gasteiger partial charge in [-0.15, -0.1) is 0 Å². The van der Waals surface area contributed by atoms with Crippen LogP contribution in [0.15, 0.2) is 54.6 Å². The number of likely N-dealkylation sites (tertiary alicyclic amines) is 1. The molecule has 0 saturated carbocycles. The van der Waals surface area contributed by atoms with Crippen molar-refractivity contribution in [3.63, 3.8) is 0 Å². The van der Waals surface area contributed by atoms with E-state index in [9.17, 15) is 9.59 Å². The molecule has 25 heavy (non-hydrogen) atoms. The van der Waals surface area contributed by atoms with Gasteiger partial charge in [0.2, 0.25) is 0 Å². The molecule has 4 heteroatoms. The molecule has 4 nitrogen and oxygen atoms in total. The van der Waals surface area contributed by atoms with E-state index in [2.05, 4.69) is 0 Å². The maximum absolute atomic E-state index is 12.8. The summed E-state index contributed by atoms with van der Waals surface area (Å²) in [6, 6.07) is 17.5. The topological polar surface area (TPSA) is 46.6 Å². The largest absolute Gasteiger partial charge is 0.445 e. The monoisotopic (exact) mass is 335 g/mol. The van der Waals surface area contributed by atoms with E-state index in [0.29, 0.717) is 25.9 Å². The van der Waals surface area contributed by atoms with Gasteiger partial charge in [-0.1, -0.05) is 54.6 Å². The molecular weight excluding hydrogens is 314 g/mol. The molecule has 2 aromatic rings. The molecule has 1 amide bonds. The number of fused-ring (bicyclic) bond motifs is 1. The number of amides is 1. The number of benzene rings is 2. The number of piperidine rings is 1. The zero-order valence-corrected chi connectivity index (χ0v) is 14.1. The number of hydrogen-bond acceptors (Lipinski definition) is 3. The van der Waals surface area contributed by atoms with Crippen LogP contribution in [0.4, 0.5) is 4.79 Å². The Kier molecular flexibility index (Phi) is 4.04. The van der Waals surface area contributed by atoms with E-state index >= 15 is 0 Å². The van der Waals surface area contributed by atoms with Crippen LogP contribution in [-0.4, -0.2) is 29.9 Å². The highest BCUT2D eigenvalue weighted by atomic mass is 16.6. The van der Waals surface area contributed by atoms with Crippen LogP contribution in [0.5, 0.6) is 0 Å². The van der Waals surface area contributed by atoms with Gasteiger partial charge in [0.1, 0.15) is 6.61 Å². The molecule has 1 heterocycles. The maximum Gasteiger partial charge on any atom is 0.410 e. The fourth-order valence-corrected chi connectivity index (χ4v) is 3.96. The summed E-state index contributed by atoms with van der Waals surface area (Å²) in [5.74, 6) is 0.250. The molecule has 1 aliphatic heterocycles. The van der Waals surface area contributed by atoms with Crippen molar-refractivity contribution in [2.75, 3.05) is 13.1 Å². The van der Waals surface area contributed by atoms with Crippen LogP contribution in [0, 0.1) is 5.41 Å². The second kappa shape index (κ2) is 6.36. The average Bonchev–Trinajstić information content (AvgIpc) is 2.93. The van der Waals surface area contributed by atoms with Crippen LogP contribution in [0.2, 0.25) is 0 Å². The van der Waals surface area contributed by atoms with Gasteiger partial charge in [-0.25, -0.2) is 4.79 Å². The zero-order chi connectivity index (χ0) is 17.3. The van der Waals surface area contributed by atoms with Crippen molar-refractivity contribution in [2.24, 2.45) is 5.41 Å². The molecule has 0 aromatic heterocycles. The number of nitrogens with zero attached hydrogens (tertiary/aromatic N) is 1. The van der Waals surface area contributed by atoms with E-state index in [0.717, 1.165) is 23.1 Å². The van der Waals surface area contributed by atoms with Gasteiger partial charge in [-0.3, -0.25) is 4.79 Å². The van der Waals surface area contributed by atoms with Gasteiger partial charge in [0.05, 0.1) is 0 Å². The lowest BCUT2D eigenvalue weighted by Crippen LogP contribution is -2.45. The van der Waals surface area contributed by atoms with Crippen molar-refractivity contribution >= 4 is 11.9 Å². The Balaban J connectivity index is 1.36. The standard InChI is InChI=1S/C21H21NO3/c23-19-18-9-5-4-8-17(18)14-21(19)10-12-22(13-11-21)20(24)25-15-16-6-2-1-3-7-16/h1-9H,10-15H2. The minimum atomic E-state index is -0.320. The van der Waals surface area contributed by atoms with Crippen LogP contribution >= 0.6 is 0 Å². The Labute approximate surface area is 147 Å². The predicted molar refractivity (Wildman–Crippen MR) is 94.3 cm³/mol. The summed E-state index contributed by atoms with van der Waals surface area (Å²) in [7, 11) is 0. The van der Waals surface area contributed by atoms with Gasteiger partial charge in [0.15, 0.2) is 5.78 Å². The molecule has 0 unspecified atom stereocenters. The van der Waals surface area contributed by atoms with Crippen LogP contribution in [0.1, 0.15) is 34.3 Å². The molecule has 1 saturated heterocycles. The minimum Gasteiger partial charge on any atom is -0.445 e. The Hall–Kier alpha value is -2.62. The van der Waals surface area contributed by atoms with Gasteiger partial charge in [0.25, 0.3) is 0 Å². The van der Waals surface area contributed by atoms with Crippen molar-refractivity contribution in [1.29, 1.82) is 0 Å². The predicted octanol–water partition coefficient (Wildman–Crippen LogP) is 3.84. The SMILES string of the molecule is O=C(OCc1ccccc1)N1CCC2(CC1)Cc1ccccc1C2=O. The van der Waals surface area contributed by atoms with Gasteiger partial charge < -0.3 is 9.64 Å². The van der Waals surface area contributed by atoms with E-state index in [-0.39, 0.29) is 23.9 Å². The highest BCUT2D eigenvalue weighted by molar-refractivity contribution is 6.05.